The summed E-state index contributed by atoms with van der Waals surface area (Å²) in [6.07, 6.45) is 2.85. The number of aromatic nitrogens is 2. The highest BCUT2D eigenvalue weighted by molar-refractivity contribution is 9.10. The van der Waals surface area contributed by atoms with Crippen molar-refractivity contribution < 1.29 is 0 Å². The van der Waals surface area contributed by atoms with Crippen molar-refractivity contribution in [1.29, 1.82) is 0 Å². The van der Waals surface area contributed by atoms with Gasteiger partial charge in [0.25, 0.3) is 5.56 Å². The maximum atomic E-state index is 12.1. The van der Waals surface area contributed by atoms with Crippen molar-refractivity contribution in [2.24, 2.45) is 7.05 Å². The van der Waals surface area contributed by atoms with E-state index in [2.05, 4.69) is 68.1 Å². The fraction of sp³-hybridized carbons (Fsp3) is 0.444. The van der Waals surface area contributed by atoms with Gasteiger partial charge in [-0.15, -0.1) is 0 Å². The normalized spacial score (nSPS) is 19.3. The van der Waals surface area contributed by atoms with E-state index >= 15 is 0 Å². The molecule has 1 fully saturated rings. The van der Waals surface area contributed by atoms with Crippen LogP contribution in [0.4, 0.5) is 5.69 Å². The van der Waals surface area contributed by atoms with Crippen LogP contribution in [0.25, 0.3) is 0 Å². The molecular formula is C18H23BrN4O. The van der Waals surface area contributed by atoms with Crippen molar-refractivity contribution in [3.63, 3.8) is 0 Å². The van der Waals surface area contributed by atoms with Crippen LogP contribution in [0.15, 0.2) is 45.8 Å². The Kier molecular flexibility index (Phi) is 5.36. The van der Waals surface area contributed by atoms with Crippen LogP contribution in [-0.2, 0) is 13.6 Å². The second-order valence-corrected chi connectivity index (χ2v) is 7.18. The standard InChI is InChI=1S/C18H23BrN4O/c1-14-12-22(13-15-7-4-3-5-8-15)9-6-10-23(14)16-11-20-21(2)18(24)17(16)19/h3-5,7-8,11,14H,6,9-10,12-13H2,1-2H3. The molecule has 0 amide bonds. The first-order valence-corrected chi connectivity index (χ1v) is 9.10. The molecule has 0 saturated carbocycles. The molecule has 1 aromatic heterocycles. The van der Waals surface area contributed by atoms with Crippen LogP contribution in [0, 0.1) is 0 Å². The smallest absolute Gasteiger partial charge is 0.282 e. The lowest BCUT2D eigenvalue weighted by Gasteiger charge is -2.31. The van der Waals surface area contributed by atoms with E-state index in [0.29, 0.717) is 10.5 Å². The van der Waals surface area contributed by atoms with E-state index in [4.69, 9.17) is 0 Å². The van der Waals surface area contributed by atoms with Gasteiger partial charge in [0.05, 0.1) is 11.9 Å². The second kappa shape index (κ2) is 7.49. The fourth-order valence-electron chi connectivity index (χ4n) is 3.29. The molecule has 24 heavy (non-hydrogen) atoms. The van der Waals surface area contributed by atoms with Crippen molar-refractivity contribution in [2.45, 2.75) is 25.9 Å². The van der Waals surface area contributed by atoms with Gasteiger partial charge in [0.15, 0.2) is 0 Å². The number of halogens is 1. The molecule has 0 spiro atoms. The number of benzene rings is 1. The van der Waals surface area contributed by atoms with E-state index < -0.39 is 0 Å². The Morgan fingerprint density at radius 2 is 2.00 bits per heavy atom. The Labute approximate surface area is 151 Å². The summed E-state index contributed by atoms with van der Waals surface area (Å²) in [6.45, 7) is 6.14. The van der Waals surface area contributed by atoms with E-state index in [1.54, 1.807) is 13.2 Å². The molecule has 1 unspecified atom stereocenters. The zero-order valence-corrected chi connectivity index (χ0v) is 15.7. The lowest BCUT2D eigenvalue weighted by atomic mass is 10.2. The van der Waals surface area contributed by atoms with Crippen molar-refractivity contribution >= 4 is 21.6 Å². The predicted molar refractivity (Wildman–Crippen MR) is 100 cm³/mol. The van der Waals surface area contributed by atoms with Crippen LogP contribution in [0.5, 0.6) is 0 Å². The third kappa shape index (κ3) is 3.70. The molecule has 5 nitrogen and oxygen atoms in total. The minimum absolute atomic E-state index is 0.0925. The summed E-state index contributed by atoms with van der Waals surface area (Å²) in [5, 5.41) is 4.19. The average Bonchev–Trinajstić information content (AvgIpc) is 2.75. The summed E-state index contributed by atoms with van der Waals surface area (Å²) in [4.78, 5) is 16.9. The fourth-order valence-corrected chi connectivity index (χ4v) is 3.88. The third-order valence-electron chi connectivity index (χ3n) is 4.55. The molecule has 128 valence electrons. The van der Waals surface area contributed by atoms with E-state index in [0.717, 1.165) is 38.3 Å². The van der Waals surface area contributed by atoms with Crippen molar-refractivity contribution in [3.8, 4) is 0 Å². The van der Waals surface area contributed by atoms with Crippen LogP contribution < -0.4 is 10.5 Å². The lowest BCUT2D eigenvalue weighted by Crippen LogP contribution is -2.40. The van der Waals surface area contributed by atoms with Crippen LogP contribution in [0.3, 0.4) is 0 Å². The molecule has 6 heteroatoms. The molecule has 2 aromatic rings. The topological polar surface area (TPSA) is 41.4 Å². The molecule has 3 rings (SSSR count). The molecule has 0 radical (unpaired) electrons. The van der Waals surface area contributed by atoms with Crippen LogP contribution in [0.2, 0.25) is 0 Å². The zero-order chi connectivity index (χ0) is 17.1. The quantitative estimate of drug-likeness (QED) is 0.807. The number of hydrogen-bond acceptors (Lipinski definition) is 4. The first kappa shape index (κ1) is 17.2. The summed E-state index contributed by atoms with van der Waals surface area (Å²) in [6, 6.07) is 10.9. The van der Waals surface area contributed by atoms with Crippen molar-refractivity contribution in [2.75, 3.05) is 24.5 Å². The largest absolute Gasteiger partial charge is 0.365 e. The van der Waals surface area contributed by atoms with Gasteiger partial charge in [-0.3, -0.25) is 9.69 Å². The van der Waals surface area contributed by atoms with Gasteiger partial charge in [-0.05, 0) is 34.8 Å². The third-order valence-corrected chi connectivity index (χ3v) is 5.29. The average molecular weight is 391 g/mol. The molecule has 0 aliphatic carbocycles. The monoisotopic (exact) mass is 390 g/mol. The maximum Gasteiger partial charge on any atom is 0.282 e. The Hall–Kier alpha value is -1.66. The molecular weight excluding hydrogens is 368 g/mol. The minimum Gasteiger partial charge on any atom is -0.365 e. The molecule has 0 N–H and O–H groups in total. The highest BCUT2D eigenvalue weighted by atomic mass is 79.9. The van der Waals surface area contributed by atoms with Crippen LogP contribution in [-0.4, -0.2) is 40.4 Å². The molecule has 1 aliphatic heterocycles. The Bertz CT molecular complexity index is 746. The van der Waals surface area contributed by atoms with Crippen LogP contribution in [0.1, 0.15) is 18.9 Å². The summed E-state index contributed by atoms with van der Waals surface area (Å²) >= 11 is 3.46. The van der Waals surface area contributed by atoms with Gasteiger partial charge in [-0.2, -0.15) is 5.10 Å². The molecule has 1 aromatic carbocycles. The van der Waals surface area contributed by atoms with Gasteiger partial charge in [-0.1, -0.05) is 30.3 Å². The minimum atomic E-state index is -0.0925. The molecule has 1 atom stereocenters. The SMILES string of the molecule is CC1CN(Cc2ccccc2)CCCN1c1cnn(C)c(=O)c1Br. The van der Waals surface area contributed by atoms with Gasteiger partial charge in [0.1, 0.15) is 4.47 Å². The number of nitrogens with zero attached hydrogens (tertiary/aromatic N) is 4. The summed E-state index contributed by atoms with van der Waals surface area (Å²) in [5.41, 5.74) is 2.15. The highest BCUT2D eigenvalue weighted by Crippen LogP contribution is 2.26. The summed E-state index contributed by atoms with van der Waals surface area (Å²) < 4.78 is 1.96. The summed E-state index contributed by atoms with van der Waals surface area (Å²) in [7, 11) is 1.67. The first-order chi connectivity index (χ1) is 11.6. The summed E-state index contributed by atoms with van der Waals surface area (Å²) in [5.74, 6) is 0. The molecule has 2 heterocycles. The molecule has 1 aliphatic rings. The van der Waals surface area contributed by atoms with Gasteiger partial charge < -0.3 is 4.90 Å². The van der Waals surface area contributed by atoms with Gasteiger partial charge in [-0.25, -0.2) is 4.68 Å². The lowest BCUT2D eigenvalue weighted by molar-refractivity contribution is 0.268. The van der Waals surface area contributed by atoms with Gasteiger partial charge >= 0.3 is 0 Å². The van der Waals surface area contributed by atoms with Crippen molar-refractivity contribution in [1.82, 2.24) is 14.7 Å². The van der Waals surface area contributed by atoms with Crippen LogP contribution >= 0.6 is 15.9 Å². The zero-order valence-electron chi connectivity index (χ0n) is 14.2. The van der Waals surface area contributed by atoms with E-state index in [-0.39, 0.29) is 5.56 Å². The Morgan fingerprint density at radius 3 is 2.75 bits per heavy atom. The number of rotatable bonds is 3. The van der Waals surface area contributed by atoms with E-state index in [1.807, 2.05) is 0 Å². The Morgan fingerprint density at radius 1 is 1.25 bits per heavy atom. The van der Waals surface area contributed by atoms with E-state index in [1.165, 1.54) is 10.2 Å². The number of anilines is 1. The molecule has 0 bridgehead atoms. The van der Waals surface area contributed by atoms with Gasteiger partial charge in [0.2, 0.25) is 0 Å². The number of aryl methyl sites for hydroxylation is 1. The van der Waals surface area contributed by atoms with Gasteiger partial charge in [0, 0.05) is 39.3 Å². The number of hydrogen-bond donors (Lipinski definition) is 0. The van der Waals surface area contributed by atoms with E-state index in [9.17, 15) is 4.79 Å². The maximum absolute atomic E-state index is 12.1. The highest BCUT2D eigenvalue weighted by Gasteiger charge is 2.24. The van der Waals surface area contributed by atoms with Crippen molar-refractivity contribution in [3.05, 3.63) is 56.9 Å². The second-order valence-electron chi connectivity index (χ2n) is 6.39. The predicted octanol–water partition coefficient (Wildman–Crippen LogP) is 2.64. The molecule has 1 saturated heterocycles. The first-order valence-electron chi connectivity index (χ1n) is 8.31. The Balaban J connectivity index is 1.76.